The molecule has 0 aliphatic rings. The number of aliphatic imine (C=N–C) groups is 7. The normalized spacial score (nSPS) is 12.5. The molecule has 0 radical (unpaired) electrons. The molecule has 0 aromatic heterocycles. The van der Waals surface area contributed by atoms with Crippen LogP contribution in [-0.4, -0.2) is 246 Å². The molecule has 0 bridgehead atoms. The van der Waals surface area contributed by atoms with Crippen molar-refractivity contribution >= 4 is 119 Å². The fraction of sp³-hybridized carbons (Fsp3) is 0.630. The predicted octanol–water partition coefficient (Wildman–Crippen LogP) is -16.2. The number of nitrogens with two attached hydrogens (primary N) is 16. The first-order valence-electron chi connectivity index (χ1n) is 31.9. The van der Waals surface area contributed by atoms with Crippen LogP contribution in [0.1, 0.15) is 89.9 Å². The van der Waals surface area contributed by atoms with Gasteiger partial charge in [0, 0.05) is 45.8 Å². The molecule has 102 heavy (non-hydrogen) atoms. The average molecular weight is 1450 g/mol. The Morgan fingerprint density at radius 1 is 0.225 bits per heavy atom. The Bertz CT molecular complexity index is 2970. The van der Waals surface area contributed by atoms with Crippen LogP contribution < -0.4 is 156 Å². The first kappa shape index (κ1) is 90.0. The summed E-state index contributed by atoms with van der Waals surface area (Å²) in [5.74, 6) is -13.0. The molecule has 13 amide bonds. The number of hydrogen-bond donors (Lipinski definition) is 28. The quantitative estimate of drug-likeness (QED) is 0.0153. The fourth-order valence-corrected chi connectivity index (χ4v) is 8.53. The molecule has 0 rings (SSSR count). The molecule has 0 spiro atoms. The third kappa shape index (κ3) is 47.0. The number of primary amides is 1. The van der Waals surface area contributed by atoms with Gasteiger partial charge in [-0.1, -0.05) is 0 Å². The van der Waals surface area contributed by atoms with Gasteiger partial charge in [0.25, 0.3) is 0 Å². The van der Waals surface area contributed by atoms with Crippen molar-refractivity contribution < 1.29 is 62.3 Å². The molecular weight excluding hydrogens is 1350 g/mol. The Kier molecular flexibility index (Phi) is 45.9. The van der Waals surface area contributed by atoms with E-state index in [0.29, 0.717) is 6.42 Å². The number of guanidine groups is 7. The highest BCUT2D eigenvalue weighted by Crippen LogP contribution is 2.06. The zero-order chi connectivity index (χ0) is 77.1. The maximum absolute atomic E-state index is 13.7. The van der Waals surface area contributed by atoms with Crippen LogP contribution in [0, 0.1) is 0 Å². The second-order valence-electron chi connectivity index (χ2n) is 22.2. The van der Waals surface area contributed by atoms with Crippen LogP contribution in [-0.2, 0) is 62.3 Å². The second-order valence-corrected chi connectivity index (χ2v) is 22.2. The van der Waals surface area contributed by atoms with Gasteiger partial charge in [0.2, 0.25) is 76.8 Å². The smallest absolute Gasteiger partial charge is 0.243 e. The predicted molar refractivity (Wildman–Crippen MR) is 376 cm³/mol. The summed E-state index contributed by atoms with van der Waals surface area (Å²) < 4.78 is 0. The Hall–Kier alpha value is -12.0. The van der Waals surface area contributed by atoms with Gasteiger partial charge >= 0.3 is 0 Å². The van der Waals surface area contributed by atoms with E-state index in [2.05, 4.69) is 98.7 Å². The lowest BCUT2D eigenvalue weighted by atomic mass is 10.1. The van der Waals surface area contributed by atoms with E-state index >= 15 is 0 Å². The zero-order valence-electron chi connectivity index (χ0n) is 56.8. The van der Waals surface area contributed by atoms with E-state index in [-0.39, 0.29) is 171 Å². The van der Waals surface area contributed by atoms with Gasteiger partial charge in [-0.05, 0) is 89.9 Å². The van der Waals surface area contributed by atoms with Crippen LogP contribution >= 0.6 is 0 Å². The van der Waals surface area contributed by atoms with Crippen molar-refractivity contribution in [1.29, 1.82) is 0 Å². The standard InChI is InChI=1S/C54H105N35O13/c55-28(8-1-15-71-48(57)58)42(97)78-22-36(91)85-30(10-3-17-73-50(61)62)44(99)80-24-38(93)87-32(12-5-19-75-52(65)66)46(101)82-26-40(95)89-34(14-7-21-77-54(69)70)47(102)83-27-39(94)88-33(13-6-20-76-53(67)68)45(100)81-25-37(92)86-31(11-4-18-74-51(63)64)43(98)79-23-35(90)84-29(41(56)96)9-2-16-72-49(59)60/h28-34H,1-27,55H2,(H2,56,96)(H,78,97)(H,79,98)(H,80,99)(H,81,100)(H,82,101)(H,83,102)(H,84,90)(H,85,91)(H,86,92)(H,87,93)(H,88,94)(H,89,95)(H4,57,58,71)(H4,59,60,72)(H4,61,62,73)(H4,63,64,74)(H4,65,66,75)(H4,67,68,76)(H4,69,70,77)/t28-,29-,30-,31-,32-,33-,34-/m1/s1. The maximum atomic E-state index is 13.7. The fourth-order valence-electron chi connectivity index (χ4n) is 8.53. The van der Waals surface area contributed by atoms with Gasteiger partial charge in [-0.2, -0.15) is 0 Å². The molecule has 0 heterocycles. The number of nitrogens with one attached hydrogen (secondary N) is 12. The summed E-state index contributed by atoms with van der Waals surface area (Å²) in [7, 11) is 0. The van der Waals surface area contributed by atoms with Crippen LogP contribution in [0.5, 0.6) is 0 Å². The summed E-state index contributed by atoms with van der Waals surface area (Å²) in [5.41, 5.74) is 86.9. The van der Waals surface area contributed by atoms with Gasteiger partial charge in [-0.3, -0.25) is 97.3 Å². The monoisotopic (exact) mass is 1450 g/mol. The largest absolute Gasteiger partial charge is 0.370 e. The molecule has 44 N–H and O–H groups in total. The molecule has 0 fully saturated rings. The van der Waals surface area contributed by atoms with Crippen LogP contribution in [0.3, 0.4) is 0 Å². The first-order valence-corrected chi connectivity index (χ1v) is 31.9. The highest BCUT2D eigenvalue weighted by Gasteiger charge is 2.29. The minimum atomic E-state index is -1.43. The summed E-state index contributed by atoms with van der Waals surface area (Å²) >= 11 is 0. The van der Waals surface area contributed by atoms with E-state index in [1.54, 1.807) is 0 Å². The second kappa shape index (κ2) is 52.1. The Morgan fingerprint density at radius 3 is 0.559 bits per heavy atom. The van der Waals surface area contributed by atoms with Gasteiger partial charge in [0.15, 0.2) is 41.7 Å². The Balaban J connectivity index is 6.25. The highest BCUT2D eigenvalue weighted by atomic mass is 16.2. The van der Waals surface area contributed by atoms with Gasteiger partial charge in [0.1, 0.15) is 36.3 Å². The molecule has 574 valence electrons. The molecule has 0 unspecified atom stereocenters. The minimum Gasteiger partial charge on any atom is -0.370 e. The molecule has 48 heteroatoms. The van der Waals surface area contributed by atoms with Crippen molar-refractivity contribution in [3.05, 3.63) is 0 Å². The van der Waals surface area contributed by atoms with Crippen molar-refractivity contribution in [2.75, 3.05) is 85.1 Å². The number of carbonyl (C=O) groups is 13. The lowest BCUT2D eigenvalue weighted by Gasteiger charge is -2.22. The number of rotatable bonds is 53. The van der Waals surface area contributed by atoms with Crippen molar-refractivity contribution in [3.63, 3.8) is 0 Å². The summed E-state index contributed by atoms with van der Waals surface area (Å²) in [6.07, 6.45) is 0.869. The molecule has 7 atom stereocenters. The van der Waals surface area contributed by atoms with Crippen LogP contribution in [0.2, 0.25) is 0 Å². The molecule has 0 aliphatic carbocycles. The molecular formula is C54H105N35O13. The maximum Gasteiger partial charge on any atom is 0.243 e. The van der Waals surface area contributed by atoms with E-state index in [1.165, 1.54) is 0 Å². The topological polar surface area (TPSA) is 869 Å². The van der Waals surface area contributed by atoms with Crippen LogP contribution in [0.4, 0.5) is 0 Å². The van der Waals surface area contributed by atoms with E-state index in [1.807, 2.05) is 0 Å². The first-order chi connectivity index (χ1) is 48.1. The minimum absolute atomic E-state index is 0.00942. The average Bonchev–Trinajstić information content (AvgIpc) is 0.913. The summed E-state index contributed by atoms with van der Waals surface area (Å²) in [6, 6.07) is -9.02. The van der Waals surface area contributed by atoms with Crippen LogP contribution in [0.25, 0.3) is 0 Å². The number of carbonyl (C=O) groups excluding carboxylic acids is 13. The molecule has 0 aromatic carbocycles. The lowest BCUT2D eigenvalue weighted by molar-refractivity contribution is -0.133. The van der Waals surface area contributed by atoms with Crippen molar-refractivity contribution in [2.45, 2.75) is 132 Å². The zero-order valence-corrected chi connectivity index (χ0v) is 56.8. The van der Waals surface area contributed by atoms with Gasteiger partial charge in [0.05, 0.1) is 45.3 Å². The van der Waals surface area contributed by atoms with E-state index in [4.69, 9.17) is 91.7 Å². The number of amides is 13. The SMILES string of the molecule is NC(=O)[C@@H](CCCN=C(N)N)NC(=O)CNC(=O)[C@@H](CCCN=C(N)N)NC(=O)CNC(=O)[C@@H](CCCN=C(N)N)NC(=O)CNC(=O)[C@@H](CCCN=C(N)N)NC(=O)CNC(=O)[C@@H](CCCN=C(N)N)NC(=O)CNC(=O)[C@@H](CCCN=C(N)N)NC(=O)CNC(=O)[C@H](N)CCCN=C(N)N. The van der Waals surface area contributed by atoms with Gasteiger partial charge in [-0.25, -0.2) is 0 Å². The lowest BCUT2D eigenvalue weighted by Crippen LogP contribution is -2.55. The molecule has 0 aromatic rings. The van der Waals surface area contributed by atoms with Crippen molar-refractivity contribution in [1.82, 2.24) is 63.8 Å². The summed E-state index contributed by atoms with van der Waals surface area (Å²) in [5, 5.41) is 28.9. The molecule has 48 nitrogen and oxygen atoms in total. The molecule has 0 aliphatic heterocycles. The third-order valence-corrected chi connectivity index (χ3v) is 13.5. The van der Waals surface area contributed by atoms with E-state index in [0.717, 1.165) is 0 Å². The molecule has 0 saturated carbocycles. The van der Waals surface area contributed by atoms with E-state index < -0.39 is 158 Å². The van der Waals surface area contributed by atoms with Crippen molar-refractivity contribution in [3.8, 4) is 0 Å². The Labute approximate surface area is 586 Å². The summed E-state index contributed by atoms with van der Waals surface area (Å²) in [6.45, 7) is -4.00. The molecule has 0 saturated heterocycles. The number of hydrogen-bond acceptors (Lipinski definition) is 21. The van der Waals surface area contributed by atoms with Gasteiger partial charge in [-0.15, -0.1) is 0 Å². The van der Waals surface area contributed by atoms with E-state index in [9.17, 15) is 62.3 Å². The van der Waals surface area contributed by atoms with Crippen LogP contribution in [0.15, 0.2) is 34.9 Å². The highest BCUT2D eigenvalue weighted by molar-refractivity contribution is 5.97. The van der Waals surface area contributed by atoms with Crippen molar-refractivity contribution in [2.24, 2.45) is 127 Å². The number of nitrogens with zero attached hydrogens (tertiary/aromatic N) is 7. The Morgan fingerprint density at radius 2 is 0.382 bits per heavy atom. The third-order valence-electron chi connectivity index (χ3n) is 13.5. The van der Waals surface area contributed by atoms with Gasteiger partial charge < -0.3 is 156 Å². The summed E-state index contributed by atoms with van der Waals surface area (Å²) in [4.78, 5) is 199.